The zero-order valence-electron chi connectivity index (χ0n) is 19.0. The van der Waals surface area contributed by atoms with Crippen LogP contribution in [0.5, 0.6) is 5.75 Å². The first kappa shape index (κ1) is 21.6. The topological polar surface area (TPSA) is 107 Å². The predicted molar refractivity (Wildman–Crippen MR) is 127 cm³/mol. The Morgan fingerprint density at radius 1 is 1.18 bits per heavy atom. The molecule has 1 amide bonds. The van der Waals surface area contributed by atoms with Gasteiger partial charge in [-0.25, -0.2) is 9.97 Å². The van der Waals surface area contributed by atoms with E-state index >= 15 is 0 Å². The maximum Gasteiger partial charge on any atom is 0.251 e. The van der Waals surface area contributed by atoms with Crippen molar-refractivity contribution in [3.63, 3.8) is 0 Å². The molecule has 4 aromatic rings. The normalized spacial score (nSPS) is 14.5. The molecule has 0 saturated heterocycles. The number of ether oxygens (including phenoxy) is 1. The molecular formula is C25H25N7O2. The Morgan fingerprint density at radius 2 is 2.06 bits per heavy atom. The summed E-state index contributed by atoms with van der Waals surface area (Å²) in [4.78, 5) is 21.2. The van der Waals surface area contributed by atoms with Gasteiger partial charge in [0.15, 0.2) is 11.6 Å². The summed E-state index contributed by atoms with van der Waals surface area (Å²) in [6.45, 7) is 0.454. The van der Waals surface area contributed by atoms with Crippen LogP contribution in [0.2, 0.25) is 0 Å². The van der Waals surface area contributed by atoms with Gasteiger partial charge < -0.3 is 19.9 Å². The summed E-state index contributed by atoms with van der Waals surface area (Å²) in [6, 6.07) is 15.2. The first-order valence-electron chi connectivity index (χ1n) is 11.1. The van der Waals surface area contributed by atoms with E-state index in [-0.39, 0.29) is 11.9 Å². The Balaban J connectivity index is 1.25. The van der Waals surface area contributed by atoms with E-state index in [1.165, 1.54) is 11.9 Å². The molecule has 0 saturated carbocycles. The number of nitrogens with zero attached hydrogens (tertiary/aromatic N) is 5. The van der Waals surface area contributed by atoms with Crippen molar-refractivity contribution in [2.24, 2.45) is 7.05 Å². The first-order chi connectivity index (χ1) is 16.6. The van der Waals surface area contributed by atoms with Gasteiger partial charge >= 0.3 is 0 Å². The van der Waals surface area contributed by atoms with Gasteiger partial charge in [-0.15, -0.1) is 10.2 Å². The molecule has 0 fully saturated rings. The highest BCUT2D eigenvalue weighted by atomic mass is 16.5. The molecule has 1 aliphatic carbocycles. The number of hydrogen-bond donors (Lipinski definition) is 2. The fourth-order valence-electron chi connectivity index (χ4n) is 4.32. The van der Waals surface area contributed by atoms with Gasteiger partial charge in [0.1, 0.15) is 17.8 Å². The summed E-state index contributed by atoms with van der Waals surface area (Å²) in [5, 5.41) is 15.0. The third-order valence-electron chi connectivity index (χ3n) is 6.10. The molecule has 2 aromatic heterocycles. The highest BCUT2D eigenvalue weighted by molar-refractivity contribution is 5.95. The second-order valence-corrected chi connectivity index (χ2v) is 8.12. The van der Waals surface area contributed by atoms with Gasteiger partial charge in [0.05, 0.1) is 19.7 Å². The van der Waals surface area contributed by atoms with Crippen LogP contribution in [0.1, 0.15) is 39.8 Å². The number of benzene rings is 2. The van der Waals surface area contributed by atoms with Crippen molar-refractivity contribution in [1.82, 2.24) is 30.0 Å². The molecule has 172 valence electrons. The SMILES string of the molecule is COc1cccc2c1CCC2NC(=O)c1cccc(NCc2nnc(-c3ccncn3)n2C)c1. The van der Waals surface area contributed by atoms with Crippen LogP contribution < -0.4 is 15.4 Å². The molecule has 9 nitrogen and oxygen atoms in total. The Hall–Kier alpha value is -4.27. The lowest BCUT2D eigenvalue weighted by atomic mass is 10.1. The minimum absolute atomic E-state index is 0.0203. The largest absolute Gasteiger partial charge is 0.496 e. The highest BCUT2D eigenvalue weighted by Crippen LogP contribution is 2.36. The van der Waals surface area contributed by atoms with Gasteiger partial charge in [-0.2, -0.15) is 0 Å². The van der Waals surface area contributed by atoms with E-state index in [0.717, 1.165) is 35.7 Å². The van der Waals surface area contributed by atoms with Gasteiger partial charge in [-0.1, -0.05) is 18.2 Å². The van der Waals surface area contributed by atoms with Crippen LogP contribution in [-0.2, 0) is 20.0 Å². The number of aromatic nitrogens is 5. The van der Waals surface area contributed by atoms with Gasteiger partial charge in [0.2, 0.25) is 0 Å². The molecule has 1 atom stereocenters. The summed E-state index contributed by atoms with van der Waals surface area (Å²) < 4.78 is 7.36. The Labute approximate surface area is 197 Å². The lowest BCUT2D eigenvalue weighted by Gasteiger charge is -2.15. The molecule has 0 spiro atoms. The van der Waals surface area contributed by atoms with Crippen molar-refractivity contribution in [2.45, 2.75) is 25.4 Å². The van der Waals surface area contributed by atoms with E-state index in [0.29, 0.717) is 23.6 Å². The molecule has 5 rings (SSSR count). The fourth-order valence-corrected chi connectivity index (χ4v) is 4.32. The number of rotatable bonds is 7. The zero-order chi connectivity index (χ0) is 23.5. The minimum atomic E-state index is -0.103. The Morgan fingerprint density at radius 3 is 2.88 bits per heavy atom. The molecule has 2 aromatic carbocycles. The molecule has 1 unspecified atom stereocenters. The van der Waals surface area contributed by atoms with E-state index < -0.39 is 0 Å². The second-order valence-electron chi connectivity index (χ2n) is 8.12. The molecule has 0 bridgehead atoms. The van der Waals surface area contributed by atoms with Gasteiger partial charge in [-0.3, -0.25) is 4.79 Å². The zero-order valence-corrected chi connectivity index (χ0v) is 19.0. The number of hydrogen-bond acceptors (Lipinski definition) is 7. The molecular weight excluding hydrogens is 430 g/mol. The highest BCUT2D eigenvalue weighted by Gasteiger charge is 2.26. The van der Waals surface area contributed by atoms with Crippen molar-refractivity contribution in [3.8, 4) is 17.3 Å². The lowest BCUT2D eigenvalue weighted by molar-refractivity contribution is 0.0936. The van der Waals surface area contributed by atoms with Crippen LogP contribution in [0, 0.1) is 0 Å². The van der Waals surface area contributed by atoms with Crippen LogP contribution in [0.3, 0.4) is 0 Å². The van der Waals surface area contributed by atoms with Crippen molar-refractivity contribution in [3.05, 3.63) is 83.6 Å². The van der Waals surface area contributed by atoms with Crippen molar-refractivity contribution in [1.29, 1.82) is 0 Å². The summed E-state index contributed by atoms with van der Waals surface area (Å²) in [6.07, 6.45) is 4.91. The van der Waals surface area contributed by atoms with Crippen molar-refractivity contribution < 1.29 is 9.53 Å². The molecule has 9 heteroatoms. The number of fused-ring (bicyclic) bond motifs is 1. The predicted octanol–water partition coefficient (Wildman–Crippen LogP) is 3.31. The third-order valence-corrected chi connectivity index (χ3v) is 6.10. The van der Waals surface area contributed by atoms with Crippen LogP contribution in [0.25, 0.3) is 11.5 Å². The summed E-state index contributed by atoms with van der Waals surface area (Å²) >= 11 is 0. The van der Waals surface area contributed by atoms with E-state index in [9.17, 15) is 4.79 Å². The smallest absolute Gasteiger partial charge is 0.251 e. The molecule has 1 aliphatic rings. The van der Waals surface area contributed by atoms with Crippen LogP contribution in [0.4, 0.5) is 5.69 Å². The average molecular weight is 456 g/mol. The molecule has 2 N–H and O–H groups in total. The molecule has 2 heterocycles. The monoisotopic (exact) mass is 455 g/mol. The number of anilines is 1. The quantitative estimate of drug-likeness (QED) is 0.440. The Bertz CT molecular complexity index is 1320. The van der Waals surface area contributed by atoms with E-state index in [1.807, 2.05) is 48.0 Å². The van der Waals surface area contributed by atoms with Gasteiger partial charge in [0.25, 0.3) is 5.91 Å². The van der Waals surface area contributed by atoms with E-state index in [4.69, 9.17) is 4.74 Å². The van der Waals surface area contributed by atoms with Crippen molar-refractivity contribution in [2.75, 3.05) is 12.4 Å². The average Bonchev–Trinajstić information content (AvgIpc) is 3.46. The summed E-state index contributed by atoms with van der Waals surface area (Å²) in [5.41, 5.74) is 4.44. The van der Waals surface area contributed by atoms with E-state index in [2.05, 4.69) is 36.9 Å². The Kier molecular flexibility index (Phi) is 5.90. The number of amides is 1. The minimum Gasteiger partial charge on any atom is -0.496 e. The molecule has 34 heavy (non-hydrogen) atoms. The van der Waals surface area contributed by atoms with Crippen LogP contribution >= 0.6 is 0 Å². The summed E-state index contributed by atoms with van der Waals surface area (Å²) in [7, 11) is 3.57. The lowest BCUT2D eigenvalue weighted by Crippen LogP contribution is -2.27. The van der Waals surface area contributed by atoms with Crippen LogP contribution in [-0.4, -0.2) is 37.7 Å². The van der Waals surface area contributed by atoms with Gasteiger partial charge in [0, 0.05) is 24.5 Å². The number of carbonyl (C=O) groups excluding carboxylic acids is 1. The van der Waals surface area contributed by atoms with Crippen LogP contribution in [0.15, 0.2) is 61.1 Å². The molecule has 0 radical (unpaired) electrons. The third kappa shape index (κ3) is 4.19. The number of carbonyl (C=O) groups is 1. The second kappa shape index (κ2) is 9.30. The summed E-state index contributed by atoms with van der Waals surface area (Å²) in [5.74, 6) is 2.20. The molecule has 0 aliphatic heterocycles. The standard InChI is InChI=1S/C25H25N7O2/c1-32-23(30-31-24(32)21-11-12-26-15-28-21)14-27-17-6-3-5-16(13-17)25(33)29-20-10-9-19-18(20)7-4-8-22(19)34-2/h3-8,11-13,15,20,27H,9-10,14H2,1-2H3,(H,29,33). The fraction of sp³-hybridized carbons (Fsp3) is 0.240. The van der Waals surface area contributed by atoms with E-state index in [1.54, 1.807) is 19.4 Å². The maximum atomic E-state index is 13.0. The first-order valence-corrected chi connectivity index (χ1v) is 11.1. The number of methoxy groups -OCH3 is 1. The number of nitrogens with one attached hydrogen (secondary N) is 2. The van der Waals surface area contributed by atoms with Gasteiger partial charge in [-0.05, 0) is 54.3 Å². The maximum absolute atomic E-state index is 13.0. The van der Waals surface area contributed by atoms with Crippen molar-refractivity contribution >= 4 is 11.6 Å².